The molecule has 1 aliphatic rings. The molecule has 4 nitrogen and oxygen atoms in total. The lowest BCUT2D eigenvalue weighted by Gasteiger charge is -2.16. The second-order valence-electron chi connectivity index (χ2n) is 6.25. The van der Waals surface area contributed by atoms with Crippen molar-refractivity contribution in [2.75, 3.05) is 7.05 Å². The van der Waals surface area contributed by atoms with E-state index in [0.717, 1.165) is 28.1 Å². The summed E-state index contributed by atoms with van der Waals surface area (Å²) in [6, 6.07) is 10.1. The van der Waals surface area contributed by atoms with Crippen LogP contribution in [0.25, 0.3) is 22.2 Å². The Labute approximate surface area is 160 Å². The lowest BCUT2D eigenvalue weighted by atomic mass is 9.95. The molecule has 1 aromatic carbocycles. The Bertz CT molecular complexity index is 1190. The maximum absolute atomic E-state index is 14.3. The summed E-state index contributed by atoms with van der Waals surface area (Å²) in [6.07, 6.45) is 4.76. The van der Waals surface area contributed by atoms with Crippen molar-refractivity contribution in [2.24, 2.45) is 0 Å². The number of hydrogen-bond acceptors (Lipinski definition) is 3. The van der Waals surface area contributed by atoms with Crippen LogP contribution in [0.3, 0.4) is 0 Å². The molecular formula is C21H15ClFN4+. The third-order valence-corrected chi connectivity index (χ3v) is 4.71. The molecule has 6 heteroatoms. The number of nitrogens with one attached hydrogen (secondary N) is 1. The first-order valence-electron chi connectivity index (χ1n) is 8.22. The molecule has 132 valence electrons. The van der Waals surface area contributed by atoms with Crippen LogP contribution < -0.4 is 0 Å². The van der Waals surface area contributed by atoms with Crippen LogP contribution in [0.4, 0.5) is 4.39 Å². The summed E-state index contributed by atoms with van der Waals surface area (Å²) in [5, 5.41) is 7.82. The summed E-state index contributed by atoms with van der Waals surface area (Å²) in [6.45, 7) is 3.83. The number of halogens is 2. The van der Waals surface area contributed by atoms with Crippen LogP contribution in [0.2, 0.25) is 5.02 Å². The van der Waals surface area contributed by atoms with Crippen LogP contribution in [-0.2, 0) is 0 Å². The Morgan fingerprint density at radius 1 is 1.22 bits per heavy atom. The molecule has 4 rings (SSSR count). The lowest BCUT2D eigenvalue weighted by Crippen LogP contribution is -2.26. The highest BCUT2D eigenvalue weighted by Gasteiger charge is 2.33. The van der Waals surface area contributed by atoms with Crippen molar-refractivity contribution < 1.29 is 8.97 Å². The van der Waals surface area contributed by atoms with Gasteiger partial charge in [0.25, 0.3) is 0 Å². The SMILES string of the molecule is C=C(C=N)c1cnc2ccc(C3=C[N+](C)=C3c3cc(Cl)ccc3F)nc2c1. The first-order valence-corrected chi connectivity index (χ1v) is 8.60. The molecule has 0 spiro atoms. The van der Waals surface area contributed by atoms with Crippen LogP contribution in [0, 0.1) is 11.2 Å². The molecule has 0 radical (unpaired) electrons. The Morgan fingerprint density at radius 2 is 2.04 bits per heavy atom. The van der Waals surface area contributed by atoms with Gasteiger partial charge in [0.05, 0.1) is 22.3 Å². The van der Waals surface area contributed by atoms with E-state index >= 15 is 0 Å². The second-order valence-corrected chi connectivity index (χ2v) is 6.69. The molecule has 1 aliphatic heterocycles. The van der Waals surface area contributed by atoms with Gasteiger partial charge in [-0.1, -0.05) is 18.2 Å². The Hall–Kier alpha value is -3.18. The Kier molecular flexibility index (Phi) is 4.16. The maximum atomic E-state index is 14.3. The van der Waals surface area contributed by atoms with Crippen LogP contribution in [0.1, 0.15) is 16.8 Å². The fraction of sp³-hybridized carbons (Fsp3) is 0.0476. The van der Waals surface area contributed by atoms with Crippen molar-refractivity contribution in [3.8, 4) is 0 Å². The number of benzene rings is 1. The van der Waals surface area contributed by atoms with Gasteiger partial charge in [0.2, 0.25) is 5.71 Å². The van der Waals surface area contributed by atoms with Gasteiger partial charge in [0.1, 0.15) is 18.4 Å². The van der Waals surface area contributed by atoms with Crippen LogP contribution >= 0.6 is 11.6 Å². The smallest absolute Gasteiger partial charge is 0.230 e. The van der Waals surface area contributed by atoms with Gasteiger partial charge in [0.15, 0.2) is 6.20 Å². The molecule has 27 heavy (non-hydrogen) atoms. The van der Waals surface area contributed by atoms with Crippen molar-refractivity contribution in [2.45, 2.75) is 0 Å². The minimum absolute atomic E-state index is 0.334. The van der Waals surface area contributed by atoms with Crippen LogP contribution in [0.15, 0.2) is 55.4 Å². The van der Waals surface area contributed by atoms with Crippen molar-refractivity contribution >= 4 is 45.7 Å². The van der Waals surface area contributed by atoms with Crippen molar-refractivity contribution in [1.29, 1.82) is 5.41 Å². The molecule has 0 saturated carbocycles. The molecule has 0 bridgehead atoms. The number of hydrogen-bond donors (Lipinski definition) is 1. The van der Waals surface area contributed by atoms with Gasteiger partial charge >= 0.3 is 0 Å². The Morgan fingerprint density at radius 3 is 2.78 bits per heavy atom. The van der Waals surface area contributed by atoms with Gasteiger partial charge in [-0.15, -0.1) is 0 Å². The highest BCUT2D eigenvalue weighted by atomic mass is 35.5. The van der Waals surface area contributed by atoms with E-state index < -0.39 is 0 Å². The monoisotopic (exact) mass is 377 g/mol. The van der Waals surface area contributed by atoms with E-state index in [-0.39, 0.29) is 5.82 Å². The van der Waals surface area contributed by atoms with E-state index in [0.29, 0.717) is 21.7 Å². The topological polar surface area (TPSA) is 52.6 Å². The number of rotatable bonds is 4. The molecule has 0 aliphatic carbocycles. The summed E-state index contributed by atoms with van der Waals surface area (Å²) in [5.74, 6) is -0.334. The molecular weight excluding hydrogens is 363 g/mol. The number of nitrogens with zero attached hydrogens (tertiary/aromatic N) is 3. The number of aromatic nitrogens is 2. The third-order valence-electron chi connectivity index (χ3n) is 4.47. The predicted octanol–water partition coefficient (Wildman–Crippen LogP) is 4.57. The highest BCUT2D eigenvalue weighted by molar-refractivity contribution is 6.34. The van der Waals surface area contributed by atoms with Gasteiger partial charge in [-0.05, 0) is 42.0 Å². The summed E-state index contributed by atoms with van der Waals surface area (Å²) in [4.78, 5) is 9.06. The zero-order valence-corrected chi connectivity index (χ0v) is 15.3. The van der Waals surface area contributed by atoms with Gasteiger partial charge in [-0.3, -0.25) is 4.98 Å². The van der Waals surface area contributed by atoms with Gasteiger partial charge < -0.3 is 5.41 Å². The normalized spacial score (nSPS) is 13.4. The fourth-order valence-electron chi connectivity index (χ4n) is 3.06. The van der Waals surface area contributed by atoms with Crippen molar-refractivity contribution in [3.05, 3.63) is 83.0 Å². The summed E-state index contributed by atoms with van der Waals surface area (Å²) < 4.78 is 16.2. The lowest BCUT2D eigenvalue weighted by molar-refractivity contribution is -0.429. The van der Waals surface area contributed by atoms with E-state index in [9.17, 15) is 4.39 Å². The summed E-state index contributed by atoms with van der Waals surface area (Å²) >= 11 is 6.05. The molecule has 3 heterocycles. The molecule has 0 atom stereocenters. The first-order chi connectivity index (χ1) is 13.0. The second kappa shape index (κ2) is 6.52. The van der Waals surface area contributed by atoms with E-state index in [1.165, 1.54) is 18.3 Å². The van der Waals surface area contributed by atoms with Gasteiger partial charge in [0, 0.05) is 23.0 Å². The highest BCUT2D eigenvalue weighted by Crippen LogP contribution is 2.29. The van der Waals surface area contributed by atoms with Crippen molar-refractivity contribution in [1.82, 2.24) is 9.97 Å². The Balaban J connectivity index is 1.78. The molecule has 0 saturated heterocycles. The van der Waals surface area contributed by atoms with E-state index in [2.05, 4.69) is 16.5 Å². The molecule has 0 amide bonds. The van der Waals surface area contributed by atoms with E-state index in [1.807, 2.05) is 36.0 Å². The quantitative estimate of drug-likeness (QED) is 0.534. The van der Waals surface area contributed by atoms with Gasteiger partial charge in [-0.25, -0.2) is 9.37 Å². The van der Waals surface area contributed by atoms with Crippen LogP contribution in [0.5, 0.6) is 0 Å². The number of pyridine rings is 2. The summed E-state index contributed by atoms with van der Waals surface area (Å²) in [5.41, 5.74) is 5.45. The third kappa shape index (κ3) is 2.96. The minimum Gasteiger partial charge on any atom is -0.308 e. The zero-order chi connectivity index (χ0) is 19.1. The average Bonchev–Trinajstić information content (AvgIpc) is 2.67. The van der Waals surface area contributed by atoms with Crippen molar-refractivity contribution in [3.63, 3.8) is 0 Å². The van der Waals surface area contributed by atoms with Crippen LogP contribution in [-0.4, -0.2) is 33.5 Å². The maximum Gasteiger partial charge on any atom is 0.230 e. The standard InChI is InChI=1S/C21H15ClFN4/c1-12(9-24)13-7-20-19(25-10-13)6-5-18(26-20)16-11-27(2)21(16)15-8-14(22)3-4-17(15)23/h3-11,24H,1H2,2H3/q+1. The molecule has 2 aromatic heterocycles. The van der Waals surface area contributed by atoms with E-state index in [1.54, 1.807) is 12.3 Å². The largest absolute Gasteiger partial charge is 0.308 e. The molecule has 1 N–H and O–H groups in total. The van der Waals surface area contributed by atoms with E-state index in [4.69, 9.17) is 17.0 Å². The zero-order valence-electron chi connectivity index (χ0n) is 14.5. The number of fused-ring (bicyclic) bond motifs is 1. The summed E-state index contributed by atoms with van der Waals surface area (Å²) in [7, 11) is 1.86. The predicted molar refractivity (Wildman–Crippen MR) is 107 cm³/mol. The first kappa shape index (κ1) is 17.2. The fourth-order valence-corrected chi connectivity index (χ4v) is 3.23. The van der Waals surface area contributed by atoms with Gasteiger partial charge in [-0.2, -0.15) is 4.58 Å². The average molecular weight is 378 g/mol. The number of allylic oxidation sites excluding steroid dienone is 2. The molecule has 3 aromatic rings. The molecule has 0 fully saturated rings. The minimum atomic E-state index is -0.334. The molecule has 0 unspecified atom stereocenters.